The standard InChI is InChI=1S/C16H21N5/c1-19-16-5-4-15(8-14(16)10-18)20-11-13(9-17)12-21-6-2-3-7-21/h4-5,8-9,11,17,19-20H,2-3,6-7,12H2,1H3/p+1/b13-11+,17-9?. The molecule has 2 rings (SSSR count). The Hall–Kier alpha value is -2.16. The van der Waals surface area contributed by atoms with Crippen LogP contribution in [-0.4, -0.2) is 37.8 Å². The monoisotopic (exact) mass is 284 g/mol. The zero-order valence-electron chi connectivity index (χ0n) is 12.4. The molecule has 4 N–H and O–H groups in total. The normalized spacial score (nSPS) is 15.7. The summed E-state index contributed by atoms with van der Waals surface area (Å²) in [7, 11) is 1.81. The number of likely N-dealkylation sites (tertiary alicyclic amines) is 1. The van der Waals surface area contributed by atoms with Gasteiger partial charge < -0.3 is 10.7 Å². The Balaban J connectivity index is 2.04. The molecule has 0 amide bonds. The van der Waals surface area contributed by atoms with Gasteiger partial charge in [0.25, 0.3) is 0 Å². The van der Waals surface area contributed by atoms with Gasteiger partial charge in [-0.15, -0.1) is 0 Å². The fourth-order valence-electron chi connectivity index (χ4n) is 2.52. The molecule has 0 unspecified atom stereocenters. The Morgan fingerprint density at radius 1 is 1.48 bits per heavy atom. The van der Waals surface area contributed by atoms with Crippen LogP contribution in [0, 0.1) is 16.7 Å². The molecule has 1 saturated heterocycles. The Morgan fingerprint density at radius 3 is 2.86 bits per heavy atom. The van der Waals surface area contributed by atoms with E-state index in [1.54, 1.807) is 0 Å². The van der Waals surface area contributed by atoms with Gasteiger partial charge in [0.05, 0.1) is 11.3 Å². The number of nitriles is 1. The van der Waals surface area contributed by atoms with E-state index in [0.29, 0.717) is 5.56 Å². The number of anilines is 1. The fraction of sp³-hybridized carbons (Fsp3) is 0.375. The Kier molecular flexibility index (Phi) is 5.50. The smallest absolute Gasteiger partial charge is 0.135 e. The van der Waals surface area contributed by atoms with Crippen molar-refractivity contribution < 1.29 is 5.32 Å². The fourth-order valence-corrected chi connectivity index (χ4v) is 2.52. The lowest BCUT2D eigenvalue weighted by Gasteiger charge is -2.13. The van der Waals surface area contributed by atoms with E-state index < -0.39 is 0 Å². The van der Waals surface area contributed by atoms with Gasteiger partial charge in [0.15, 0.2) is 0 Å². The zero-order chi connectivity index (χ0) is 15.1. The van der Waals surface area contributed by atoms with Gasteiger partial charge >= 0.3 is 0 Å². The van der Waals surface area contributed by atoms with Gasteiger partial charge in [-0.05, 0) is 32.0 Å². The van der Waals surface area contributed by atoms with Crippen molar-refractivity contribution in [3.8, 4) is 6.07 Å². The molecule has 1 heterocycles. The zero-order valence-corrected chi connectivity index (χ0v) is 12.4. The molecule has 0 bridgehead atoms. The van der Waals surface area contributed by atoms with E-state index in [1.807, 2.05) is 36.8 Å². The molecule has 21 heavy (non-hydrogen) atoms. The van der Waals surface area contributed by atoms with Crippen molar-refractivity contribution in [1.29, 1.82) is 10.7 Å². The summed E-state index contributed by atoms with van der Waals surface area (Å²) in [5.74, 6) is 0. The molecule has 1 aromatic carbocycles. The molecule has 0 radical (unpaired) electrons. The first-order valence-corrected chi connectivity index (χ1v) is 7.25. The van der Waals surface area contributed by atoms with Gasteiger partial charge in [-0.3, -0.25) is 10.2 Å². The van der Waals surface area contributed by atoms with E-state index in [9.17, 15) is 0 Å². The summed E-state index contributed by atoms with van der Waals surface area (Å²) in [6.07, 6.45) is 5.90. The number of nitrogens with two attached hydrogens (primary N) is 1. The van der Waals surface area contributed by atoms with Gasteiger partial charge in [-0.25, -0.2) is 0 Å². The number of rotatable bonds is 6. The summed E-state index contributed by atoms with van der Waals surface area (Å²) in [5, 5.41) is 21.6. The number of nitrogens with zero attached hydrogens (tertiary/aromatic N) is 2. The Bertz CT molecular complexity index is 565. The molecule has 1 aliphatic rings. The van der Waals surface area contributed by atoms with Crippen LogP contribution < -0.4 is 10.6 Å². The van der Waals surface area contributed by atoms with Gasteiger partial charge in [-0.2, -0.15) is 5.26 Å². The molecule has 0 aromatic heterocycles. The second-order valence-corrected chi connectivity index (χ2v) is 5.20. The molecule has 1 aromatic rings. The average molecular weight is 284 g/mol. The predicted octanol–water partition coefficient (Wildman–Crippen LogP) is 1.42. The first kappa shape index (κ1) is 15.2. The van der Waals surface area contributed by atoms with Crippen LogP contribution >= 0.6 is 0 Å². The van der Waals surface area contributed by atoms with Crippen LogP contribution in [0.4, 0.5) is 11.4 Å². The highest BCUT2D eigenvalue weighted by atomic mass is 15.1. The Morgan fingerprint density at radius 2 is 2.24 bits per heavy atom. The molecule has 0 saturated carbocycles. The average Bonchev–Trinajstić information content (AvgIpc) is 3.04. The van der Waals surface area contributed by atoms with Crippen LogP contribution in [0.5, 0.6) is 0 Å². The lowest BCUT2D eigenvalue weighted by molar-refractivity contribution is -0.497. The molecule has 5 heteroatoms. The van der Waals surface area contributed by atoms with Crippen molar-refractivity contribution in [2.75, 3.05) is 32.0 Å². The van der Waals surface area contributed by atoms with Crippen LogP contribution in [0.3, 0.4) is 0 Å². The third-order valence-electron chi connectivity index (χ3n) is 3.71. The molecule has 110 valence electrons. The summed E-state index contributed by atoms with van der Waals surface area (Å²) in [5.41, 5.74) is 3.44. The van der Waals surface area contributed by atoms with Crippen LogP contribution in [0.2, 0.25) is 0 Å². The molecule has 0 spiro atoms. The Labute approximate surface area is 125 Å². The van der Waals surface area contributed by atoms with Crippen molar-refractivity contribution in [2.24, 2.45) is 0 Å². The van der Waals surface area contributed by atoms with Crippen LogP contribution in [-0.2, 0) is 0 Å². The van der Waals surface area contributed by atoms with E-state index >= 15 is 0 Å². The molecule has 5 nitrogen and oxygen atoms in total. The minimum Gasteiger partial charge on any atom is -0.387 e. The first-order chi connectivity index (χ1) is 10.3. The van der Waals surface area contributed by atoms with Crippen LogP contribution in [0.15, 0.2) is 30.0 Å². The highest BCUT2D eigenvalue weighted by Gasteiger charge is 2.13. The number of benzene rings is 1. The first-order valence-electron chi connectivity index (χ1n) is 7.25. The molecule has 1 fully saturated rings. The van der Waals surface area contributed by atoms with Gasteiger partial charge in [-0.1, -0.05) is 0 Å². The topological polar surface area (TPSA) is 79.5 Å². The highest BCUT2D eigenvalue weighted by molar-refractivity contribution is 5.75. The maximum absolute atomic E-state index is 9.13. The SMILES string of the molecule is CNc1ccc([NH2+]/C=C(\C=N)CN2CCCC2)cc1C#N. The second kappa shape index (κ2) is 7.58. The van der Waals surface area contributed by atoms with E-state index in [0.717, 1.165) is 36.6 Å². The third-order valence-corrected chi connectivity index (χ3v) is 3.71. The summed E-state index contributed by atoms with van der Waals surface area (Å²) in [4.78, 5) is 2.37. The molecular weight excluding hydrogens is 262 g/mol. The highest BCUT2D eigenvalue weighted by Crippen LogP contribution is 2.16. The van der Waals surface area contributed by atoms with E-state index in [1.165, 1.54) is 19.1 Å². The van der Waals surface area contributed by atoms with Crippen molar-refractivity contribution in [3.05, 3.63) is 35.5 Å². The second-order valence-electron chi connectivity index (χ2n) is 5.20. The van der Waals surface area contributed by atoms with Crippen molar-refractivity contribution in [2.45, 2.75) is 12.8 Å². The number of hydrogen-bond donors (Lipinski definition) is 3. The lowest BCUT2D eigenvalue weighted by Crippen LogP contribution is -2.71. The minimum atomic E-state index is 0.635. The molecule has 0 atom stereocenters. The van der Waals surface area contributed by atoms with E-state index in [2.05, 4.69) is 16.3 Å². The maximum atomic E-state index is 9.13. The maximum Gasteiger partial charge on any atom is 0.135 e. The van der Waals surface area contributed by atoms with Gasteiger partial charge in [0, 0.05) is 37.5 Å². The third kappa shape index (κ3) is 4.15. The summed E-state index contributed by atoms with van der Waals surface area (Å²) in [6, 6.07) is 7.93. The van der Waals surface area contributed by atoms with Gasteiger partial charge in [0.1, 0.15) is 18.0 Å². The minimum absolute atomic E-state index is 0.635. The van der Waals surface area contributed by atoms with Crippen LogP contribution in [0.25, 0.3) is 0 Å². The largest absolute Gasteiger partial charge is 0.387 e. The number of hydrogen-bond acceptors (Lipinski definition) is 4. The molecular formula is C16H22N5+. The van der Waals surface area contributed by atoms with Crippen molar-refractivity contribution >= 4 is 17.6 Å². The van der Waals surface area contributed by atoms with Crippen molar-refractivity contribution in [1.82, 2.24) is 4.90 Å². The summed E-state index contributed by atoms with van der Waals surface area (Å²) < 4.78 is 0. The number of quaternary nitrogens is 1. The van der Waals surface area contributed by atoms with E-state index in [-0.39, 0.29) is 0 Å². The molecule has 0 aliphatic carbocycles. The van der Waals surface area contributed by atoms with Crippen LogP contribution in [0.1, 0.15) is 18.4 Å². The number of nitrogens with one attached hydrogen (secondary N) is 2. The van der Waals surface area contributed by atoms with E-state index in [4.69, 9.17) is 10.7 Å². The summed E-state index contributed by atoms with van der Waals surface area (Å²) in [6.45, 7) is 3.08. The molecule has 1 aliphatic heterocycles. The predicted molar refractivity (Wildman–Crippen MR) is 84.8 cm³/mol. The lowest BCUT2D eigenvalue weighted by atomic mass is 10.1. The quantitative estimate of drug-likeness (QED) is 0.546. The summed E-state index contributed by atoms with van der Waals surface area (Å²) >= 11 is 0. The van der Waals surface area contributed by atoms with Gasteiger partial charge in [0.2, 0.25) is 0 Å². The van der Waals surface area contributed by atoms with Crippen molar-refractivity contribution in [3.63, 3.8) is 0 Å².